The molecule has 0 saturated heterocycles. The maximum Gasteiger partial charge on any atom is 0.270 e. The molecule has 2 aromatic carbocycles. The van der Waals surface area contributed by atoms with Crippen LogP contribution in [0.1, 0.15) is 22.0 Å². The number of amides is 1. The summed E-state index contributed by atoms with van der Waals surface area (Å²) in [5, 5.41) is 22.1. The number of nitrogens with one attached hydrogen (secondary N) is 1. The fraction of sp³-hybridized carbons (Fsp3) is 0.0667. The fourth-order valence-electron chi connectivity index (χ4n) is 1.86. The first kappa shape index (κ1) is 16.4. The van der Waals surface area contributed by atoms with Crippen LogP contribution in [0.25, 0.3) is 0 Å². The second kappa shape index (κ2) is 6.85. The van der Waals surface area contributed by atoms with Gasteiger partial charge in [-0.25, -0.2) is 4.39 Å². The smallest absolute Gasteiger partial charge is 0.270 e. The molecule has 0 heterocycles. The standard InChI is InChI=1S/C15H9ClFN3O3/c16-13-7-11(20(22)23)5-6-12(13)15(21)19-14(8-18)9-1-3-10(17)4-2-9/h1-7,14H,(H,19,21)/t14-/m0/s1. The highest BCUT2D eigenvalue weighted by atomic mass is 35.5. The van der Waals surface area contributed by atoms with Crippen LogP contribution in [0, 0.1) is 27.3 Å². The third kappa shape index (κ3) is 3.81. The number of non-ortho nitro benzene ring substituents is 1. The van der Waals surface area contributed by atoms with Crippen LogP contribution in [-0.2, 0) is 0 Å². The number of hydrogen-bond donors (Lipinski definition) is 1. The Kier molecular flexibility index (Phi) is 4.88. The third-order valence-electron chi connectivity index (χ3n) is 3.02. The highest BCUT2D eigenvalue weighted by Gasteiger charge is 2.19. The number of nitriles is 1. The number of carbonyl (C=O) groups excluding carboxylic acids is 1. The van der Waals surface area contributed by atoms with Crippen LogP contribution in [0.15, 0.2) is 42.5 Å². The molecule has 1 amide bonds. The monoisotopic (exact) mass is 333 g/mol. The van der Waals surface area contributed by atoms with Gasteiger partial charge in [0.05, 0.1) is 21.6 Å². The minimum absolute atomic E-state index is 0.000344. The average Bonchev–Trinajstić information content (AvgIpc) is 2.53. The summed E-state index contributed by atoms with van der Waals surface area (Å²) in [5.74, 6) is -1.13. The molecule has 0 bridgehead atoms. The van der Waals surface area contributed by atoms with Gasteiger partial charge in [-0.05, 0) is 23.8 Å². The van der Waals surface area contributed by atoms with Crippen molar-refractivity contribution in [1.29, 1.82) is 5.26 Å². The number of hydrogen-bond acceptors (Lipinski definition) is 4. The van der Waals surface area contributed by atoms with Gasteiger partial charge >= 0.3 is 0 Å². The van der Waals surface area contributed by atoms with Crippen molar-refractivity contribution in [1.82, 2.24) is 5.32 Å². The van der Waals surface area contributed by atoms with Crippen molar-refractivity contribution in [3.63, 3.8) is 0 Å². The second-order valence-electron chi connectivity index (χ2n) is 4.51. The zero-order chi connectivity index (χ0) is 17.0. The van der Waals surface area contributed by atoms with Gasteiger partial charge < -0.3 is 5.32 Å². The van der Waals surface area contributed by atoms with E-state index in [1.807, 2.05) is 6.07 Å². The number of rotatable bonds is 4. The van der Waals surface area contributed by atoms with Gasteiger partial charge in [0.15, 0.2) is 0 Å². The van der Waals surface area contributed by atoms with Crippen molar-refractivity contribution >= 4 is 23.2 Å². The van der Waals surface area contributed by atoms with Gasteiger partial charge in [-0.15, -0.1) is 0 Å². The molecule has 0 aliphatic rings. The van der Waals surface area contributed by atoms with Gasteiger partial charge in [0.25, 0.3) is 11.6 Å². The summed E-state index contributed by atoms with van der Waals surface area (Å²) in [6, 6.07) is 9.36. The van der Waals surface area contributed by atoms with E-state index in [0.717, 1.165) is 12.1 Å². The predicted octanol–water partition coefficient (Wildman–Crippen LogP) is 3.38. The van der Waals surface area contributed by atoms with Crippen LogP contribution in [0.4, 0.5) is 10.1 Å². The summed E-state index contributed by atoms with van der Waals surface area (Å²) >= 11 is 5.86. The van der Waals surface area contributed by atoms with E-state index in [2.05, 4.69) is 5.32 Å². The van der Waals surface area contributed by atoms with Gasteiger partial charge in [0, 0.05) is 12.1 Å². The summed E-state index contributed by atoms with van der Waals surface area (Å²) in [6.45, 7) is 0. The number of carbonyl (C=O) groups is 1. The van der Waals surface area contributed by atoms with Gasteiger partial charge in [-0.3, -0.25) is 14.9 Å². The Bertz CT molecular complexity index is 803. The van der Waals surface area contributed by atoms with Crippen LogP contribution in [-0.4, -0.2) is 10.8 Å². The van der Waals surface area contributed by atoms with E-state index >= 15 is 0 Å². The van der Waals surface area contributed by atoms with Crippen LogP contribution in [0.5, 0.6) is 0 Å². The lowest BCUT2D eigenvalue weighted by atomic mass is 10.1. The molecule has 1 atom stereocenters. The van der Waals surface area contributed by atoms with Crippen molar-refractivity contribution in [2.45, 2.75) is 6.04 Å². The van der Waals surface area contributed by atoms with E-state index in [1.54, 1.807) is 0 Å². The van der Waals surface area contributed by atoms with E-state index in [9.17, 15) is 19.3 Å². The van der Waals surface area contributed by atoms with E-state index in [1.165, 1.54) is 30.3 Å². The van der Waals surface area contributed by atoms with Gasteiger partial charge in [-0.1, -0.05) is 23.7 Å². The van der Waals surface area contributed by atoms with Crippen LogP contribution >= 0.6 is 11.6 Å². The lowest BCUT2D eigenvalue weighted by Crippen LogP contribution is -2.27. The molecule has 6 nitrogen and oxygen atoms in total. The van der Waals surface area contributed by atoms with Gasteiger partial charge in [0.2, 0.25) is 0 Å². The molecule has 0 aliphatic carbocycles. The number of nitro benzene ring substituents is 1. The first-order valence-corrected chi connectivity index (χ1v) is 6.70. The number of halogens is 2. The topological polar surface area (TPSA) is 96.0 Å². The maximum absolute atomic E-state index is 12.9. The molecule has 0 spiro atoms. The van der Waals surface area contributed by atoms with Crippen molar-refractivity contribution in [2.75, 3.05) is 0 Å². The molecule has 0 fully saturated rings. The molecule has 1 N–H and O–H groups in total. The molecule has 2 rings (SSSR count). The SMILES string of the molecule is N#C[C@H](NC(=O)c1ccc([N+](=O)[O-])cc1Cl)c1ccc(F)cc1. The molecule has 2 aromatic rings. The molecule has 0 aliphatic heterocycles. The summed E-state index contributed by atoms with van der Waals surface area (Å²) in [7, 11) is 0. The molecule has 23 heavy (non-hydrogen) atoms. The molecule has 0 radical (unpaired) electrons. The molecule has 0 aromatic heterocycles. The molecular formula is C15H9ClFN3O3. The fourth-order valence-corrected chi connectivity index (χ4v) is 2.12. The van der Waals surface area contributed by atoms with E-state index in [4.69, 9.17) is 16.9 Å². The minimum Gasteiger partial charge on any atom is -0.332 e. The number of nitro groups is 1. The second-order valence-corrected chi connectivity index (χ2v) is 4.92. The van der Waals surface area contributed by atoms with Crippen LogP contribution < -0.4 is 5.32 Å². The van der Waals surface area contributed by atoms with E-state index < -0.39 is 22.7 Å². The summed E-state index contributed by atoms with van der Waals surface area (Å²) in [4.78, 5) is 22.2. The highest BCUT2D eigenvalue weighted by Crippen LogP contribution is 2.23. The Labute approximate surface area is 135 Å². The van der Waals surface area contributed by atoms with Crippen LogP contribution in [0.3, 0.4) is 0 Å². The van der Waals surface area contributed by atoms with Crippen LogP contribution in [0.2, 0.25) is 5.02 Å². The van der Waals surface area contributed by atoms with Gasteiger partial charge in [0.1, 0.15) is 11.9 Å². The summed E-state index contributed by atoms with van der Waals surface area (Å²) < 4.78 is 12.9. The molecule has 116 valence electrons. The van der Waals surface area contributed by atoms with Crippen molar-refractivity contribution < 1.29 is 14.1 Å². The number of benzene rings is 2. The lowest BCUT2D eigenvalue weighted by molar-refractivity contribution is -0.384. The maximum atomic E-state index is 12.9. The zero-order valence-electron chi connectivity index (χ0n) is 11.5. The summed E-state index contributed by atoms with van der Waals surface area (Å²) in [5.41, 5.74) is 0.154. The third-order valence-corrected chi connectivity index (χ3v) is 3.33. The van der Waals surface area contributed by atoms with Crippen molar-refractivity contribution in [2.24, 2.45) is 0 Å². The van der Waals surface area contributed by atoms with E-state index in [0.29, 0.717) is 5.56 Å². The zero-order valence-corrected chi connectivity index (χ0v) is 12.2. The first-order valence-electron chi connectivity index (χ1n) is 6.32. The molecule has 0 saturated carbocycles. The highest BCUT2D eigenvalue weighted by molar-refractivity contribution is 6.34. The van der Waals surface area contributed by atoms with Crippen molar-refractivity contribution in [3.05, 3.63) is 74.5 Å². The summed E-state index contributed by atoms with van der Waals surface area (Å²) in [6.07, 6.45) is 0. The first-order chi connectivity index (χ1) is 10.9. The largest absolute Gasteiger partial charge is 0.332 e. The lowest BCUT2D eigenvalue weighted by Gasteiger charge is -2.12. The number of nitrogens with zero attached hydrogens (tertiary/aromatic N) is 2. The van der Waals surface area contributed by atoms with Crippen molar-refractivity contribution in [3.8, 4) is 6.07 Å². The Balaban J connectivity index is 2.22. The predicted molar refractivity (Wildman–Crippen MR) is 80.3 cm³/mol. The molecule has 0 unspecified atom stereocenters. The minimum atomic E-state index is -1.01. The molecular weight excluding hydrogens is 325 g/mol. The Morgan fingerprint density at radius 1 is 1.30 bits per heavy atom. The van der Waals surface area contributed by atoms with E-state index in [-0.39, 0.29) is 16.3 Å². The Hall–Kier alpha value is -2.98. The average molecular weight is 334 g/mol. The quantitative estimate of drug-likeness (QED) is 0.685. The Morgan fingerprint density at radius 3 is 2.48 bits per heavy atom. The normalized spacial score (nSPS) is 11.3. The van der Waals surface area contributed by atoms with Gasteiger partial charge in [-0.2, -0.15) is 5.26 Å². The Morgan fingerprint density at radius 2 is 1.96 bits per heavy atom. The molecule has 8 heteroatoms.